The summed E-state index contributed by atoms with van der Waals surface area (Å²) < 4.78 is 45.6. The first kappa shape index (κ1) is 28.2. The summed E-state index contributed by atoms with van der Waals surface area (Å²) in [5, 5.41) is 6.37. The van der Waals surface area contributed by atoms with Crippen LogP contribution < -0.4 is 25.2 Å². The molecule has 2 heterocycles. The number of aromatic nitrogens is 2. The maximum atomic E-state index is 13.5. The largest absolute Gasteiger partial charge is 0.497 e. The lowest BCUT2D eigenvalue weighted by molar-refractivity contribution is -0.137. The topological polar surface area (TPSA) is 99.7 Å². The van der Waals surface area contributed by atoms with Crippen LogP contribution in [0.15, 0.2) is 60.9 Å². The number of hydrogen-bond donors (Lipinski definition) is 2. The predicted molar refractivity (Wildman–Crippen MR) is 149 cm³/mol. The van der Waals surface area contributed by atoms with Gasteiger partial charge in [-0.2, -0.15) is 18.2 Å². The number of fused-ring (bicyclic) bond motifs is 1. The lowest BCUT2D eigenvalue weighted by atomic mass is 9.78. The second-order valence-electron chi connectivity index (χ2n) is 10.3. The van der Waals surface area contributed by atoms with Crippen molar-refractivity contribution < 1.29 is 27.5 Å². The number of allylic oxidation sites excluding steroid dienone is 4. The first-order valence-corrected chi connectivity index (χ1v) is 13.3. The number of anilines is 3. The fourth-order valence-corrected chi connectivity index (χ4v) is 5.61. The van der Waals surface area contributed by atoms with Gasteiger partial charge in [0.1, 0.15) is 11.6 Å². The number of rotatable bonds is 7. The number of alkyl halides is 3. The van der Waals surface area contributed by atoms with Gasteiger partial charge in [0.05, 0.1) is 24.9 Å². The minimum Gasteiger partial charge on any atom is -0.497 e. The van der Waals surface area contributed by atoms with Gasteiger partial charge in [-0.15, -0.1) is 0 Å². The zero-order valence-electron chi connectivity index (χ0n) is 22.7. The van der Waals surface area contributed by atoms with E-state index in [4.69, 9.17) is 4.74 Å². The predicted octanol–water partition coefficient (Wildman–Crippen LogP) is 5.22. The van der Waals surface area contributed by atoms with Crippen LogP contribution in [0.1, 0.15) is 36.8 Å². The van der Waals surface area contributed by atoms with Crippen LogP contribution in [-0.4, -0.2) is 48.1 Å². The molecule has 2 aromatic rings. The highest BCUT2D eigenvalue weighted by Gasteiger charge is 2.37. The van der Waals surface area contributed by atoms with E-state index in [-0.39, 0.29) is 36.0 Å². The molecule has 5 rings (SSSR count). The first-order valence-electron chi connectivity index (χ1n) is 13.3. The average Bonchev–Trinajstić information content (AvgIpc) is 3.50. The normalized spacial score (nSPS) is 22.2. The van der Waals surface area contributed by atoms with Crippen molar-refractivity contribution in [3.63, 3.8) is 0 Å². The molecule has 3 atom stereocenters. The number of carbonyl (C=O) groups excluding carboxylic acids is 2. The van der Waals surface area contributed by atoms with Crippen LogP contribution in [0.5, 0.6) is 5.75 Å². The van der Waals surface area contributed by atoms with Crippen molar-refractivity contribution in [2.45, 2.75) is 50.5 Å². The van der Waals surface area contributed by atoms with Gasteiger partial charge in [0.15, 0.2) is 0 Å². The van der Waals surface area contributed by atoms with Crippen LogP contribution in [0.2, 0.25) is 0 Å². The number of benzene rings is 1. The third-order valence-corrected chi connectivity index (χ3v) is 7.77. The summed E-state index contributed by atoms with van der Waals surface area (Å²) in [7, 11) is 2.78. The van der Waals surface area contributed by atoms with Gasteiger partial charge in [-0.25, -0.2) is 9.78 Å². The van der Waals surface area contributed by atoms with Crippen LogP contribution in [0, 0.1) is 5.92 Å². The zero-order valence-corrected chi connectivity index (χ0v) is 22.7. The maximum absolute atomic E-state index is 13.5. The Labute approximate surface area is 235 Å². The van der Waals surface area contributed by atoms with E-state index in [0.29, 0.717) is 23.2 Å². The van der Waals surface area contributed by atoms with Crippen molar-refractivity contribution in [3.05, 3.63) is 72.0 Å². The summed E-state index contributed by atoms with van der Waals surface area (Å²) in [6.45, 7) is 3.53. The summed E-state index contributed by atoms with van der Waals surface area (Å²) in [5.74, 6) is 0.716. The lowest BCUT2D eigenvalue weighted by Crippen LogP contribution is -2.50. The van der Waals surface area contributed by atoms with Crippen molar-refractivity contribution in [1.29, 1.82) is 0 Å². The smallest absolute Gasteiger partial charge is 0.416 e. The van der Waals surface area contributed by atoms with Gasteiger partial charge in [0.25, 0.3) is 0 Å². The number of halogens is 3. The summed E-state index contributed by atoms with van der Waals surface area (Å²) in [6.07, 6.45) is 7.90. The van der Waals surface area contributed by atoms with E-state index in [1.54, 1.807) is 6.20 Å². The Morgan fingerprint density at radius 1 is 1.22 bits per heavy atom. The highest BCUT2D eigenvalue weighted by atomic mass is 19.4. The molecular formula is C29H31F3N6O3. The van der Waals surface area contributed by atoms with E-state index in [1.807, 2.05) is 0 Å². The van der Waals surface area contributed by atoms with Crippen LogP contribution in [-0.2, 0) is 17.5 Å². The molecule has 1 saturated carbocycles. The van der Waals surface area contributed by atoms with Gasteiger partial charge >= 0.3 is 12.2 Å². The van der Waals surface area contributed by atoms with Crippen molar-refractivity contribution in [2.24, 2.45) is 5.92 Å². The summed E-state index contributed by atoms with van der Waals surface area (Å²) in [6, 6.07) is 2.31. The molecular weight excluding hydrogens is 537 g/mol. The highest BCUT2D eigenvalue weighted by molar-refractivity contribution is 6.05. The number of urea groups is 1. The van der Waals surface area contributed by atoms with Gasteiger partial charge in [-0.3, -0.25) is 14.6 Å². The van der Waals surface area contributed by atoms with Gasteiger partial charge in [-0.05, 0) is 49.8 Å². The van der Waals surface area contributed by atoms with Crippen molar-refractivity contribution >= 4 is 29.4 Å². The number of ether oxygens (including phenoxy) is 1. The summed E-state index contributed by atoms with van der Waals surface area (Å²) in [4.78, 5) is 37.0. The molecule has 12 heteroatoms. The SMILES string of the molecule is C=CC(=O)N[C@H]1CCC(C2=CC=CC2)C[C@H]1Nc1ncc2c(n1)N(C)C(=O)N(c1cc(OC)cc(C(F)(F)F)c1)C2. The molecule has 0 saturated heterocycles. The van der Waals surface area contributed by atoms with E-state index in [0.717, 1.165) is 37.8 Å². The summed E-state index contributed by atoms with van der Waals surface area (Å²) >= 11 is 0. The standard InChI is InChI=1S/C29H31F3N6O3/c1-4-25(39)34-23-10-9-18(17-7-5-6-8-17)11-24(23)35-27-33-15-19-16-38(28(40)37(2)26(19)36-27)21-12-20(29(30,31)32)13-22(14-21)41-3/h4-7,12-15,18,23-24H,1,8-11,16H2,2-3H3,(H,34,39)(H,33,35,36)/t18?,23-,24+/m0/s1. The van der Waals surface area contributed by atoms with Crippen LogP contribution >= 0.6 is 0 Å². The Balaban J connectivity index is 1.39. The van der Waals surface area contributed by atoms with E-state index in [1.165, 1.54) is 41.7 Å². The Kier molecular flexibility index (Phi) is 7.74. The number of hydrogen-bond acceptors (Lipinski definition) is 6. The van der Waals surface area contributed by atoms with Gasteiger partial charge in [-0.1, -0.05) is 30.4 Å². The number of methoxy groups -OCH3 is 1. The Hall–Kier alpha value is -4.35. The van der Waals surface area contributed by atoms with Crippen molar-refractivity contribution in [2.75, 3.05) is 29.3 Å². The average molecular weight is 569 g/mol. The molecule has 2 N–H and O–H groups in total. The molecule has 1 fully saturated rings. The van der Waals surface area contributed by atoms with Gasteiger partial charge in [0, 0.05) is 37.0 Å². The quantitative estimate of drug-likeness (QED) is 0.445. The fraction of sp³-hybridized carbons (Fsp3) is 0.379. The Morgan fingerprint density at radius 3 is 2.71 bits per heavy atom. The van der Waals surface area contributed by atoms with E-state index in [2.05, 4.69) is 45.4 Å². The number of nitrogens with one attached hydrogen (secondary N) is 2. The van der Waals surface area contributed by atoms with E-state index in [9.17, 15) is 22.8 Å². The second-order valence-corrected chi connectivity index (χ2v) is 10.3. The second kappa shape index (κ2) is 11.3. The third kappa shape index (κ3) is 5.91. The fourth-order valence-electron chi connectivity index (χ4n) is 5.61. The molecule has 3 amide bonds. The molecule has 9 nitrogen and oxygen atoms in total. The molecule has 3 aliphatic rings. The molecule has 41 heavy (non-hydrogen) atoms. The molecule has 0 radical (unpaired) electrons. The Bertz CT molecular complexity index is 1420. The van der Waals surface area contributed by atoms with Crippen molar-refractivity contribution in [1.82, 2.24) is 15.3 Å². The third-order valence-electron chi connectivity index (χ3n) is 7.77. The monoisotopic (exact) mass is 568 g/mol. The minimum absolute atomic E-state index is 0.0140. The van der Waals surface area contributed by atoms with Crippen LogP contribution in [0.3, 0.4) is 0 Å². The minimum atomic E-state index is -4.61. The molecule has 0 spiro atoms. The van der Waals surface area contributed by atoms with Gasteiger partial charge in [0.2, 0.25) is 11.9 Å². The number of amides is 3. The highest BCUT2D eigenvalue weighted by Crippen LogP contribution is 2.38. The van der Waals surface area contributed by atoms with E-state index >= 15 is 0 Å². The molecule has 1 aromatic heterocycles. The van der Waals surface area contributed by atoms with Crippen LogP contribution in [0.4, 0.5) is 35.4 Å². The molecule has 216 valence electrons. The molecule has 2 aliphatic carbocycles. The van der Waals surface area contributed by atoms with E-state index < -0.39 is 17.8 Å². The number of nitrogens with zero attached hydrogens (tertiary/aromatic N) is 4. The van der Waals surface area contributed by atoms with Crippen LogP contribution in [0.25, 0.3) is 0 Å². The Morgan fingerprint density at radius 2 is 2.02 bits per heavy atom. The molecule has 1 aliphatic heterocycles. The van der Waals surface area contributed by atoms with Gasteiger partial charge < -0.3 is 15.4 Å². The molecule has 1 aromatic carbocycles. The maximum Gasteiger partial charge on any atom is 0.416 e. The lowest BCUT2D eigenvalue weighted by Gasteiger charge is -2.38. The number of carbonyl (C=O) groups is 2. The van der Waals surface area contributed by atoms with Crippen molar-refractivity contribution in [3.8, 4) is 5.75 Å². The summed E-state index contributed by atoms with van der Waals surface area (Å²) in [5.41, 5.74) is 1.05. The molecule has 0 bridgehead atoms. The molecule has 1 unspecified atom stereocenters. The first-order chi connectivity index (χ1) is 19.6. The zero-order chi connectivity index (χ0) is 29.3.